The first kappa shape index (κ1) is 13.6. The first-order valence-electron chi connectivity index (χ1n) is 7.76. The molecule has 0 spiro atoms. The Kier molecular flexibility index (Phi) is 4.34. The van der Waals surface area contributed by atoms with Crippen molar-refractivity contribution in [2.45, 2.75) is 25.3 Å². The third-order valence-electron chi connectivity index (χ3n) is 4.44. The van der Waals surface area contributed by atoms with Crippen LogP contribution in [0.2, 0.25) is 0 Å². The van der Waals surface area contributed by atoms with Gasteiger partial charge in [-0.3, -0.25) is 0 Å². The quantitative estimate of drug-likeness (QED) is 0.911. The molecule has 1 atom stereocenters. The first-order chi connectivity index (χ1) is 9.88. The van der Waals surface area contributed by atoms with Crippen molar-refractivity contribution in [3.8, 4) is 0 Å². The third-order valence-corrected chi connectivity index (χ3v) is 4.44. The highest BCUT2D eigenvalue weighted by Gasteiger charge is 2.18. The van der Waals surface area contributed by atoms with Gasteiger partial charge in [-0.05, 0) is 49.3 Å². The first-order valence-corrected chi connectivity index (χ1v) is 7.76. The van der Waals surface area contributed by atoms with Crippen LogP contribution < -0.4 is 5.32 Å². The molecule has 1 saturated heterocycles. The van der Waals surface area contributed by atoms with E-state index in [9.17, 15) is 0 Å². The molecule has 3 rings (SSSR count). The van der Waals surface area contributed by atoms with Gasteiger partial charge in [0.1, 0.15) is 0 Å². The number of piperidine rings is 1. The van der Waals surface area contributed by atoms with E-state index in [0.717, 1.165) is 6.54 Å². The van der Waals surface area contributed by atoms with Crippen LogP contribution in [-0.4, -0.2) is 31.6 Å². The molecular formula is C18H24N2. The van der Waals surface area contributed by atoms with Crippen molar-refractivity contribution in [2.24, 2.45) is 0 Å². The Morgan fingerprint density at radius 1 is 1.00 bits per heavy atom. The highest BCUT2D eigenvalue weighted by atomic mass is 15.1. The second kappa shape index (κ2) is 6.38. The van der Waals surface area contributed by atoms with Crippen LogP contribution in [0.15, 0.2) is 42.5 Å². The minimum absolute atomic E-state index is 0.416. The molecule has 0 saturated carbocycles. The Morgan fingerprint density at radius 2 is 1.75 bits per heavy atom. The van der Waals surface area contributed by atoms with Gasteiger partial charge in [0, 0.05) is 12.6 Å². The van der Waals surface area contributed by atoms with Crippen molar-refractivity contribution >= 4 is 10.8 Å². The van der Waals surface area contributed by atoms with Gasteiger partial charge in [-0.25, -0.2) is 0 Å². The Labute approximate surface area is 121 Å². The van der Waals surface area contributed by atoms with Gasteiger partial charge >= 0.3 is 0 Å². The summed E-state index contributed by atoms with van der Waals surface area (Å²) < 4.78 is 0. The highest BCUT2D eigenvalue weighted by molar-refractivity contribution is 5.86. The standard InChI is InChI=1S/C18H24N2/c1-19-18(14-20-12-5-2-6-13-20)17-11-7-9-15-8-3-4-10-16(15)17/h3-4,7-11,18-19H,2,5-6,12-14H2,1H3/t18-/m0/s1. The number of hydrogen-bond acceptors (Lipinski definition) is 2. The van der Waals surface area contributed by atoms with Crippen molar-refractivity contribution < 1.29 is 0 Å². The number of likely N-dealkylation sites (tertiary alicyclic amines) is 1. The van der Waals surface area contributed by atoms with Crippen molar-refractivity contribution in [1.82, 2.24) is 10.2 Å². The van der Waals surface area contributed by atoms with Crippen LogP contribution in [0, 0.1) is 0 Å². The molecule has 2 aromatic carbocycles. The van der Waals surface area contributed by atoms with Crippen LogP contribution >= 0.6 is 0 Å². The molecule has 2 nitrogen and oxygen atoms in total. The van der Waals surface area contributed by atoms with E-state index in [1.165, 1.54) is 48.7 Å². The number of nitrogens with zero attached hydrogens (tertiary/aromatic N) is 1. The van der Waals surface area contributed by atoms with Crippen LogP contribution in [0.5, 0.6) is 0 Å². The number of likely N-dealkylation sites (N-methyl/N-ethyl adjacent to an activating group) is 1. The number of hydrogen-bond donors (Lipinski definition) is 1. The summed E-state index contributed by atoms with van der Waals surface area (Å²) in [6.45, 7) is 3.62. The minimum Gasteiger partial charge on any atom is -0.312 e. The van der Waals surface area contributed by atoms with Gasteiger partial charge in [0.15, 0.2) is 0 Å². The van der Waals surface area contributed by atoms with E-state index < -0.39 is 0 Å². The molecule has 1 heterocycles. The van der Waals surface area contributed by atoms with Crippen molar-refractivity contribution in [3.05, 3.63) is 48.0 Å². The molecule has 0 bridgehead atoms. The molecule has 2 aromatic rings. The van der Waals surface area contributed by atoms with Gasteiger partial charge in [0.25, 0.3) is 0 Å². The lowest BCUT2D eigenvalue weighted by Gasteiger charge is -2.31. The molecule has 1 aliphatic heterocycles. The Hall–Kier alpha value is -1.38. The fourth-order valence-electron chi connectivity index (χ4n) is 3.30. The topological polar surface area (TPSA) is 15.3 Å². The lowest BCUT2D eigenvalue weighted by Crippen LogP contribution is -2.37. The monoisotopic (exact) mass is 268 g/mol. The van der Waals surface area contributed by atoms with Gasteiger partial charge in [-0.15, -0.1) is 0 Å². The molecule has 0 radical (unpaired) electrons. The van der Waals surface area contributed by atoms with Crippen molar-refractivity contribution in [3.63, 3.8) is 0 Å². The summed E-state index contributed by atoms with van der Waals surface area (Å²) in [6.07, 6.45) is 4.10. The molecule has 0 amide bonds. The Bertz CT molecular complexity index is 553. The summed E-state index contributed by atoms with van der Waals surface area (Å²) in [6, 6.07) is 15.8. The van der Waals surface area contributed by atoms with Crippen LogP contribution in [-0.2, 0) is 0 Å². The van der Waals surface area contributed by atoms with E-state index in [0.29, 0.717) is 6.04 Å². The van der Waals surface area contributed by atoms with E-state index in [-0.39, 0.29) is 0 Å². The zero-order valence-corrected chi connectivity index (χ0v) is 12.3. The largest absolute Gasteiger partial charge is 0.312 e. The smallest absolute Gasteiger partial charge is 0.0453 e. The molecule has 0 aliphatic carbocycles. The Balaban J connectivity index is 1.86. The second-order valence-electron chi connectivity index (χ2n) is 5.77. The van der Waals surface area contributed by atoms with Gasteiger partial charge < -0.3 is 10.2 Å². The number of fused-ring (bicyclic) bond motifs is 1. The van der Waals surface area contributed by atoms with Crippen LogP contribution in [0.25, 0.3) is 10.8 Å². The summed E-state index contributed by atoms with van der Waals surface area (Å²) >= 11 is 0. The summed E-state index contributed by atoms with van der Waals surface area (Å²) in [4.78, 5) is 2.60. The van der Waals surface area contributed by atoms with Gasteiger partial charge in [-0.1, -0.05) is 48.9 Å². The SMILES string of the molecule is CN[C@@H](CN1CCCCC1)c1cccc2ccccc12. The minimum atomic E-state index is 0.416. The van der Waals surface area contributed by atoms with Crippen LogP contribution in [0.3, 0.4) is 0 Å². The fourth-order valence-corrected chi connectivity index (χ4v) is 3.30. The predicted molar refractivity (Wildman–Crippen MR) is 86.0 cm³/mol. The van der Waals surface area contributed by atoms with E-state index in [2.05, 4.69) is 59.7 Å². The molecule has 20 heavy (non-hydrogen) atoms. The zero-order chi connectivity index (χ0) is 13.8. The Morgan fingerprint density at radius 3 is 2.55 bits per heavy atom. The van der Waals surface area contributed by atoms with Crippen LogP contribution in [0.1, 0.15) is 30.9 Å². The summed E-state index contributed by atoms with van der Waals surface area (Å²) in [5.41, 5.74) is 1.43. The molecule has 1 fully saturated rings. The number of rotatable bonds is 4. The fraction of sp³-hybridized carbons (Fsp3) is 0.444. The summed E-state index contributed by atoms with van der Waals surface area (Å²) in [5.74, 6) is 0. The maximum atomic E-state index is 3.52. The van der Waals surface area contributed by atoms with E-state index >= 15 is 0 Å². The average molecular weight is 268 g/mol. The summed E-state index contributed by atoms with van der Waals surface area (Å²) in [7, 11) is 2.08. The molecule has 1 aliphatic rings. The van der Waals surface area contributed by atoms with Crippen LogP contribution in [0.4, 0.5) is 0 Å². The van der Waals surface area contributed by atoms with Gasteiger partial charge in [0.2, 0.25) is 0 Å². The third kappa shape index (κ3) is 2.87. The number of benzene rings is 2. The van der Waals surface area contributed by atoms with E-state index in [1.807, 2.05) is 0 Å². The molecular weight excluding hydrogens is 244 g/mol. The van der Waals surface area contributed by atoms with Crippen molar-refractivity contribution in [1.29, 1.82) is 0 Å². The molecule has 106 valence electrons. The average Bonchev–Trinajstić information content (AvgIpc) is 2.53. The molecule has 0 aromatic heterocycles. The second-order valence-corrected chi connectivity index (χ2v) is 5.77. The zero-order valence-electron chi connectivity index (χ0n) is 12.3. The van der Waals surface area contributed by atoms with E-state index in [4.69, 9.17) is 0 Å². The lowest BCUT2D eigenvalue weighted by molar-refractivity contribution is 0.208. The maximum Gasteiger partial charge on any atom is 0.0453 e. The van der Waals surface area contributed by atoms with E-state index in [1.54, 1.807) is 0 Å². The highest BCUT2D eigenvalue weighted by Crippen LogP contribution is 2.25. The van der Waals surface area contributed by atoms with Gasteiger partial charge in [-0.2, -0.15) is 0 Å². The number of nitrogens with one attached hydrogen (secondary N) is 1. The predicted octanol–water partition coefficient (Wildman–Crippen LogP) is 3.59. The van der Waals surface area contributed by atoms with Gasteiger partial charge in [0.05, 0.1) is 0 Å². The van der Waals surface area contributed by atoms with Crippen molar-refractivity contribution in [2.75, 3.05) is 26.7 Å². The molecule has 1 N–H and O–H groups in total. The molecule has 0 unspecified atom stereocenters. The maximum absolute atomic E-state index is 3.52. The normalized spacial score (nSPS) is 18.2. The molecule has 2 heteroatoms. The summed E-state index contributed by atoms with van der Waals surface area (Å²) in [5, 5.41) is 6.23. The lowest BCUT2D eigenvalue weighted by atomic mass is 9.98.